The lowest BCUT2D eigenvalue weighted by Crippen LogP contribution is -2.33. The smallest absolute Gasteiger partial charge is 0.153 e. The Morgan fingerprint density at radius 3 is 2.67 bits per heavy atom. The number of hydrogen-bond acceptors (Lipinski definition) is 4. The second kappa shape index (κ2) is 4.99. The fourth-order valence-corrected chi connectivity index (χ4v) is 4.07. The molecule has 2 saturated heterocycles. The average Bonchev–Trinajstić information content (AvgIpc) is 2.61. The van der Waals surface area contributed by atoms with Gasteiger partial charge in [0.2, 0.25) is 0 Å². The average molecular weight is 256 g/mol. The largest absolute Gasteiger partial charge is 0.362 e. The Morgan fingerprint density at radius 2 is 2.20 bits per heavy atom. The molecule has 2 rings (SSSR count). The van der Waals surface area contributed by atoms with Gasteiger partial charge < -0.3 is 4.74 Å². The standard InChI is InChI=1S/C9H17NO3S.ClH/c1-7-6-13-9(10-7)5-8-3-2-4-14(8,11)12;/h7-10H,2-6H2,1H3;1H. The topological polar surface area (TPSA) is 55.4 Å². The zero-order chi connectivity index (χ0) is 10.2. The van der Waals surface area contributed by atoms with Gasteiger partial charge in [-0.1, -0.05) is 0 Å². The van der Waals surface area contributed by atoms with Crippen LogP contribution in [0.4, 0.5) is 0 Å². The van der Waals surface area contributed by atoms with Crippen LogP contribution in [0.15, 0.2) is 0 Å². The molecule has 0 amide bonds. The van der Waals surface area contributed by atoms with Crippen molar-refractivity contribution in [2.75, 3.05) is 12.4 Å². The zero-order valence-electron chi connectivity index (χ0n) is 8.81. The van der Waals surface area contributed by atoms with E-state index >= 15 is 0 Å². The second-order valence-electron chi connectivity index (χ2n) is 4.26. The van der Waals surface area contributed by atoms with E-state index in [4.69, 9.17) is 4.74 Å². The number of sulfone groups is 1. The summed E-state index contributed by atoms with van der Waals surface area (Å²) in [6.45, 7) is 2.74. The van der Waals surface area contributed by atoms with Crippen molar-refractivity contribution in [3.8, 4) is 0 Å². The van der Waals surface area contributed by atoms with E-state index in [0.717, 1.165) is 12.8 Å². The van der Waals surface area contributed by atoms with E-state index in [9.17, 15) is 8.42 Å². The first-order valence-corrected chi connectivity index (χ1v) is 6.89. The highest BCUT2D eigenvalue weighted by atomic mass is 35.5. The summed E-state index contributed by atoms with van der Waals surface area (Å²) in [6.07, 6.45) is 2.18. The predicted molar refractivity (Wildman–Crippen MR) is 61.0 cm³/mol. The van der Waals surface area contributed by atoms with E-state index in [2.05, 4.69) is 5.32 Å². The Labute approximate surface area is 97.1 Å². The van der Waals surface area contributed by atoms with E-state index in [1.54, 1.807) is 0 Å². The highest BCUT2D eigenvalue weighted by Gasteiger charge is 2.35. The summed E-state index contributed by atoms with van der Waals surface area (Å²) in [5.74, 6) is 0.361. The minimum atomic E-state index is -2.81. The minimum Gasteiger partial charge on any atom is -0.362 e. The molecule has 0 spiro atoms. The summed E-state index contributed by atoms with van der Waals surface area (Å²) < 4.78 is 28.5. The number of nitrogens with one attached hydrogen (secondary N) is 1. The Morgan fingerprint density at radius 1 is 1.47 bits per heavy atom. The molecule has 3 unspecified atom stereocenters. The van der Waals surface area contributed by atoms with Crippen molar-refractivity contribution in [1.82, 2.24) is 5.32 Å². The zero-order valence-corrected chi connectivity index (χ0v) is 10.4. The normalized spacial score (nSPS) is 38.9. The number of halogens is 1. The first-order chi connectivity index (χ1) is 6.58. The Hall–Kier alpha value is 0.160. The number of ether oxygens (including phenoxy) is 1. The molecule has 90 valence electrons. The Bertz CT molecular complexity index is 306. The van der Waals surface area contributed by atoms with E-state index in [1.807, 2.05) is 6.92 Å². The third-order valence-electron chi connectivity index (χ3n) is 2.96. The lowest BCUT2D eigenvalue weighted by atomic mass is 10.2. The summed E-state index contributed by atoms with van der Waals surface area (Å²) in [5.41, 5.74) is 0. The molecule has 0 saturated carbocycles. The molecule has 3 atom stereocenters. The van der Waals surface area contributed by atoms with Gasteiger partial charge in [0.15, 0.2) is 9.84 Å². The van der Waals surface area contributed by atoms with Crippen LogP contribution in [-0.4, -0.2) is 38.3 Å². The molecule has 2 aliphatic heterocycles. The van der Waals surface area contributed by atoms with Crippen molar-refractivity contribution >= 4 is 22.2 Å². The molecule has 0 aromatic carbocycles. The molecule has 0 aliphatic carbocycles. The minimum absolute atomic E-state index is 0. The molecule has 4 nitrogen and oxygen atoms in total. The van der Waals surface area contributed by atoms with Crippen molar-refractivity contribution in [3.63, 3.8) is 0 Å². The van der Waals surface area contributed by atoms with Gasteiger partial charge in [-0.15, -0.1) is 12.4 Å². The van der Waals surface area contributed by atoms with Crippen LogP contribution in [0.25, 0.3) is 0 Å². The highest BCUT2D eigenvalue weighted by Crippen LogP contribution is 2.25. The maximum Gasteiger partial charge on any atom is 0.153 e. The number of rotatable bonds is 2. The first kappa shape index (κ1) is 13.2. The fraction of sp³-hybridized carbons (Fsp3) is 1.00. The van der Waals surface area contributed by atoms with E-state index in [-0.39, 0.29) is 23.9 Å². The van der Waals surface area contributed by atoms with E-state index in [0.29, 0.717) is 24.8 Å². The van der Waals surface area contributed by atoms with Crippen LogP contribution in [-0.2, 0) is 14.6 Å². The molecule has 0 bridgehead atoms. The van der Waals surface area contributed by atoms with Gasteiger partial charge in [-0.3, -0.25) is 5.32 Å². The van der Waals surface area contributed by atoms with Crippen LogP contribution in [0.5, 0.6) is 0 Å². The Balaban J connectivity index is 0.00000112. The van der Waals surface area contributed by atoms with Gasteiger partial charge in [-0.25, -0.2) is 8.42 Å². The summed E-state index contributed by atoms with van der Waals surface area (Å²) in [6, 6.07) is 0.351. The van der Waals surface area contributed by atoms with Gasteiger partial charge in [0.1, 0.15) is 6.23 Å². The molecule has 1 N–H and O–H groups in total. The van der Waals surface area contributed by atoms with Crippen LogP contribution in [0.1, 0.15) is 26.2 Å². The molecule has 0 radical (unpaired) electrons. The molecule has 2 aliphatic rings. The predicted octanol–water partition coefficient (Wildman–Crippen LogP) is 0.710. The maximum atomic E-state index is 11.5. The van der Waals surface area contributed by atoms with Crippen LogP contribution >= 0.6 is 12.4 Å². The van der Waals surface area contributed by atoms with Crippen LogP contribution in [0.2, 0.25) is 0 Å². The Kier molecular flexibility index (Phi) is 4.40. The van der Waals surface area contributed by atoms with Crippen LogP contribution in [0, 0.1) is 0 Å². The lowest BCUT2D eigenvalue weighted by Gasteiger charge is -2.15. The summed E-state index contributed by atoms with van der Waals surface area (Å²) >= 11 is 0. The van der Waals surface area contributed by atoms with Gasteiger partial charge in [-0.2, -0.15) is 0 Å². The van der Waals surface area contributed by atoms with Gasteiger partial charge >= 0.3 is 0 Å². The molecular formula is C9H18ClNO3S. The van der Waals surface area contributed by atoms with E-state index < -0.39 is 9.84 Å². The summed E-state index contributed by atoms with van der Waals surface area (Å²) in [5, 5.41) is 3.06. The van der Waals surface area contributed by atoms with Gasteiger partial charge in [0, 0.05) is 12.5 Å². The molecular weight excluding hydrogens is 238 g/mol. The second-order valence-corrected chi connectivity index (χ2v) is 6.66. The summed E-state index contributed by atoms with van der Waals surface area (Å²) in [4.78, 5) is 0. The fourth-order valence-electron chi connectivity index (χ4n) is 2.17. The van der Waals surface area contributed by atoms with Crippen LogP contribution in [0.3, 0.4) is 0 Å². The molecule has 0 aromatic rings. The molecule has 2 fully saturated rings. The van der Waals surface area contributed by atoms with Crippen molar-refractivity contribution in [3.05, 3.63) is 0 Å². The molecule has 2 heterocycles. The first-order valence-electron chi connectivity index (χ1n) is 5.17. The third-order valence-corrected chi connectivity index (χ3v) is 5.26. The van der Waals surface area contributed by atoms with Gasteiger partial charge in [0.25, 0.3) is 0 Å². The molecule has 15 heavy (non-hydrogen) atoms. The van der Waals surface area contributed by atoms with Gasteiger partial charge in [-0.05, 0) is 19.8 Å². The number of hydrogen-bond donors (Lipinski definition) is 1. The molecule has 0 aromatic heterocycles. The molecule has 6 heteroatoms. The van der Waals surface area contributed by atoms with E-state index in [1.165, 1.54) is 0 Å². The lowest BCUT2D eigenvalue weighted by molar-refractivity contribution is 0.0924. The van der Waals surface area contributed by atoms with Crippen molar-refractivity contribution in [2.45, 2.75) is 43.7 Å². The van der Waals surface area contributed by atoms with Crippen molar-refractivity contribution < 1.29 is 13.2 Å². The quantitative estimate of drug-likeness (QED) is 0.790. The highest BCUT2D eigenvalue weighted by molar-refractivity contribution is 7.92. The van der Waals surface area contributed by atoms with Crippen LogP contribution < -0.4 is 5.32 Å². The summed E-state index contributed by atoms with van der Waals surface area (Å²) in [7, 11) is -2.81. The van der Waals surface area contributed by atoms with Crippen molar-refractivity contribution in [1.29, 1.82) is 0 Å². The monoisotopic (exact) mass is 255 g/mol. The third kappa shape index (κ3) is 3.06. The SMILES string of the molecule is CC1COC(CC2CCCS2(=O)=O)N1.Cl. The maximum absolute atomic E-state index is 11.5. The van der Waals surface area contributed by atoms with Crippen molar-refractivity contribution in [2.24, 2.45) is 0 Å². The van der Waals surface area contributed by atoms with Gasteiger partial charge in [0.05, 0.1) is 17.6 Å².